The van der Waals surface area contributed by atoms with Crippen molar-refractivity contribution in [3.8, 4) is 0 Å². The standard InChI is InChI=1S/C17H16F2N2O2S/c1-20-15(22)10-11-2-6-13(7-3-11)21-16(23)12-4-8-14(9-5-12)24-17(18)19/h2-9,17H,10H2,1H3,(H,20,22)(H,21,23). The summed E-state index contributed by atoms with van der Waals surface area (Å²) in [5.41, 5.74) is 1.80. The summed E-state index contributed by atoms with van der Waals surface area (Å²) in [4.78, 5) is 23.8. The Bertz CT molecular complexity index is 704. The molecule has 2 amide bonds. The van der Waals surface area contributed by atoms with Crippen LogP contribution < -0.4 is 10.6 Å². The summed E-state index contributed by atoms with van der Waals surface area (Å²) in [7, 11) is 1.57. The molecule has 7 heteroatoms. The Kier molecular flexibility index (Phi) is 6.31. The molecule has 2 aromatic rings. The molecule has 24 heavy (non-hydrogen) atoms. The zero-order valence-electron chi connectivity index (χ0n) is 12.9. The van der Waals surface area contributed by atoms with E-state index in [9.17, 15) is 18.4 Å². The van der Waals surface area contributed by atoms with Crippen LogP contribution in [0.3, 0.4) is 0 Å². The molecule has 126 valence electrons. The first kappa shape index (κ1) is 17.9. The van der Waals surface area contributed by atoms with Gasteiger partial charge in [-0.15, -0.1) is 0 Å². The predicted molar refractivity (Wildman–Crippen MR) is 90.5 cm³/mol. The highest BCUT2D eigenvalue weighted by Crippen LogP contribution is 2.25. The molecule has 0 unspecified atom stereocenters. The number of rotatable bonds is 6. The van der Waals surface area contributed by atoms with Crippen molar-refractivity contribution in [3.63, 3.8) is 0 Å². The first-order chi connectivity index (χ1) is 11.5. The molecule has 0 aliphatic carbocycles. The van der Waals surface area contributed by atoms with Gasteiger partial charge in [-0.3, -0.25) is 9.59 Å². The van der Waals surface area contributed by atoms with Gasteiger partial charge in [0.1, 0.15) is 0 Å². The third-order valence-corrected chi connectivity index (χ3v) is 3.92. The molecule has 0 spiro atoms. The second-order valence-corrected chi connectivity index (χ2v) is 5.97. The highest BCUT2D eigenvalue weighted by Gasteiger charge is 2.09. The fourth-order valence-corrected chi connectivity index (χ4v) is 2.47. The van der Waals surface area contributed by atoms with Gasteiger partial charge >= 0.3 is 0 Å². The SMILES string of the molecule is CNC(=O)Cc1ccc(NC(=O)c2ccc(SC(F)F)cc2)cc1. The van der Waals surface area contributed by atoms with Gasteiger partial charge in [0, 0.05) is 23.2 Å². The van der Waals surface area contributed by atoms with Crippen molar-refractivity contribution in [2.45, 2.75) is 17.1 Å². The highest BCUT2D eigenvalue weighted by molar-refractivity contribution is 7.99. The van der Waals surface area contributed by atoms with Crippen LogP contribution in [0.5, 0.6) is 0 Å². The van der Waals surface area contributed by atoms with Gasteiger partial charge in [-0.2, -0.15) is 8.78 Å². The van der Waals surface area contributed by atoms with Crippen LogP contribution in [0.15, 0.2) is 53.4 Å². The molecule has 2 rings (SSSR count). The van der Waals surface area contributed by atoms with Gasteiger partial charge < -0.3 is 10.6 Å². The van der Waals surface area contributed by atoms with E-state index in [-0.39, 0.29) is 18.2 Å². The number of carbonyl (C=O) groups excluding carboxylic acids is 2. The van der Waals surface area contributed by atoms with Crippen molar-refractivity contribution in [1.82, 2.24) is 5.32 Å². The summed E-state index contributed by atoms with van der Waals surface area (Å²) in [6.45, 7) is 0. The van der Waals surface area contributed by atoms with E-state index in [2.05, 4.69) is 10.6 Å². The Hall–Kier alpha value is -2.41. The van der Waals surface area contributed by atoms with E-state index in [1.165, 1.54) is 24.3 Å². The highest BCUT2D eigenvalue weighted by atomic mass is 32.2. The molecule has 0 saturated carbocycles. The Morgan fingerprint density at radius 1 is 1.04 bits per heavy atom. The molecule has 0 atom stereocenters. The summed E-state index contributed by atoms with van der Waals surface area (Å²) in [5, 5.41) is 5.26. The Morgan fingerprint density at radius 3 is 2.21 bits per heavy atom. The molecule has 2 N–H and O–H groups in total. The molecular weight excluding hydrogens is 334 g/mol. The Labute approximate surface area is 142 Å². The molecule has 0 heterocycles. The molecule has 4 nitrogen and oxygen atoms in total. The monoisotopic (exact) mass is 350 g/mol. The maximum Gasteiger partial charge on any atom is 0.288 e. The van der Waals surface area contributed by atoms with E-state index in [1.807, 2.05) is 0 Å². The van der Waals surface area contributed by atoms with Crippen molar-refractivity contribution < 1.29 is 18.4 Å². The molecule has 0 radical (unpaired) electrons. The van der Waals surface area contributed by atoms with Crippen molar-refractivity contribution in [2.24, 2.45) is 0 Å². The minimum absolute atomic E-state index is 0.0893. The quantitative estimate of drug-likeness (QED) is 0.784. The molecule has 0 fully saturated rings. The van der Waals surface area contributed by atoms with Crippen LogP contribution in [-0.4, -0.2) is 24.6 Å². The number of hydrogen-bond donors (Lipinski definition) is 2. The topological polar surface area (TPSA) is 58.2 Å². The first-order valence-electron chi connectivity index (χ1n) is 7.13. The van der Waals surface area contributed by atoms with Crippen molar-refractivity contribution in [3.05, 3.63) is 59.7 Å². The van der Waals surface area contributed by atoms with E-state index in [0.717, 1.165) is 5.56 Å². The van der Waals surface area contributed by atoms with Crippen LogP contribution in [0.4, 0.5) is 14.5 Å². The second kappa shape index (κ2) is 8.44. The van der Waals surface area contributed by atoms with Crippen LogP contribution in [0.25, 0.3) is 0 Å². The lowest BCUT2D eigenvalue weighted by atomic mass is 10.1. The molecule has 0 aliphatic rings. The molecule has 0 aromatic heterocycles. The van der Waals surface area contributed by atoms with Gasteiger partial charge in [0.25, 0.3) is 11.7 Å². The van der Waals surface area contributed by atoms with Gasteiger partial charge in [0.05, 0.1) is 6.42 Å². The van der Waals surface area contributed by atoms with Crippen LogP contribution in [0, 0.1) is 0 Å². The third-order valence-electron chi connectivity index (χ3n) is 3.20. The minimum Gasteiger partial charge on any atom is -0.359 e. The van der Waals surface area contributed by atoms with Gasteiger partial charge in [-0.1, -0.05) is 23.9 Å². The van der Waals surface area contributed by atoms with E-state index in [1.54, 1.807) is 31.3 Å². The number of nitrogens with one attached hydrogen (secondary N) is 2. The number of carbonyl (C=O) groups is 2. The Balaban J connectivity index is 1.97. The largest absolute Gasteiger partial charge is 0.359 e. The fourth-order valence-electron chi connectivity index (χ4n) is 1.97. The van der Waals surface area contributed by atoms with Crippen molar-refractivity contribution in [1.29, 1.82) is 0 Å². The minimum atomic E-state index is -2.49. The van der Waals surface area contributed by atoms with Crippen LogP contribution in [0.1, 0.15) is 15.9 Å². The summed E-state index contributed by atoms with van der Waals surface area (Å²) in [5.74, 6) is -2.91. The number of hydrogen-bond acceptors (Lipinski definition) is 3. The number of amides is 2. The predicted octanol–water partition coefficient (Wildman–Crippen LogP) is 3.54. The Morgan fingerprint density at radius 2 is 1.67 bits per heavy atom. The molecule has 0 saturated heterocycles. The fraction of sp³-hybridized carbons (Fsp3) is 0.176. The zero-order valence-corrected chi connectivity index (χ0v) is 13.7. The summed E-state index contributed by atoms with van der Waals surface area (Å²) >= 11 is 0.433. The van der Waals surface area contributed by atoms with E-state index in [0.29, 0.717) is 27.9 Å². The zero-order chi connectivity index (χ0) is 17.5. The van der Waals surface area contributed by atoms with Gasteiger partial charge in [0.2, 0.25) is 5.91 Å². The maximum atomic E-state index is 12.3. The first-order valence-corrected chi connectivity index (χ1v) is 8.01. The number of benzene rings is 2. The summed E-state index contributed by atoms with van der Waals surface area (Å²) in [6.07, 6.45) is 0.272. The van der Waals surface area contributed by atoms with E-state index in [4.69, 9.17) is 0 Å². The molecular formula is C17H16F2N2O2S. The summed E-state index contributed by atoms with van der Waals surface area (Å²) in [6, 6.07) is 12.9. The lowest BCUT2D eigenvalue weighted by Crippen LogP contribution is -2.19. The van der Waals surface area contributed by atoms with Gasteiger partial charge in [0.15, 0.2) is 0 Å². The van der Waals surface area contributed by atoms with Crippen LogP contribution >= 0.6 is 11.8 Å². The average molecular weight is 350 g/mol. The third kappa shape index (κ3) is 5.34. The average Bonchev–Trinajstić information content (AvgIpc) is 2.56. The smallest absolute Gasteiger partial charge is 0.288 e. The number of anilines is 1. The van der Waals surface area contributed by atoms with E-state index >= 15 is 0 Å². The van der Waals surface area contributed by atoms with E-state index < -0.39 is 5.76 Å². The van der Waals surface area contributed by atoms with Gasteiger partial charge in [-0.05, 0) is 42.0 Å². The lowest BCUT2D eigenvalue weighted by molar-refractivity contribution is -0.119. The van der Waals surface area contributed by atoms with Crippen LogP contribution in [0.2, 0.25) is 0 Å². The molecule has 0 aliphatic heterocycles. The second-order valence-electron chi connectivity index (χ2n) is 4.90. The van der Waals surface area contributed by atoms with Crippen molar-refractivity contribution >= 4 is 29.3 Å². The number of halogens is 2. The normalized spacial score (nSPS) is 10.5. The number of alkyl halides is 2. The van der Waals surface area contributed by atoms with Crippen molar-refractivity contribution in [2.75, 3.05) is 12.4 Å². The lowest BCUT2D eigenvalue weighted by Gasteiger charge is -2.07. The maximum absolute atomic E-state index is 12.3. The molecule has 2 aromatic carbocycles. The molecule has 0 bridgehead atoms. The van der Waals surface area contributed by atoms with Gasteiger partial charge in [-0.25, -0.2) is 0 Å². The van der Waals surface area contributed by atoms with Crippen LogP contribution in [-0.2, 0) is 11.2 Å². The summed E-state index contributed by atoms with van der Waals surface area (Å²) < 4.78 is 24.5. The number of likely N-dealkylation sites (N-methyl/N-ethyl adjacent to an activating group) is 1. The number of thioether (sulfide) groups is 1.